The summed E-state index contributed by atoms with van der Waals surface area (Å²) in [6, 6.07) is 9.47. The molecule has 2 rings (SSSR count). The van der Waals surface area contributed by atoms with E-state index in [1.54, 1.807) is 0 Å². The van der Waals surface area contributed by atoms with Crippen molar-refractivity contribution in [3.8, 4) is 0 Å². The van der Waals surface area contributed by atoms with Gasteiger partial charge in [-0.2, -0.15) is 0 Å². The molecule has 1 aliphatic heterocycles. The first-order valence-corrected chi connectivity index (χ1v) is 4.89. The fourth-order valence-corrected chi connectivity index (χ4v) is 1.65. The summed E-state index contributed by atoms with van der Waals surface area (Å²) in [7, 11) is 1.39. The number of rotatable bonds is 3. The second-order valence-corrected chi connectivity index (χ2v) is 3.46. The Morgan fingerprint density at radius 2 is 1.81 bits per heavy atom. The molecule has 0 fully saturated rings. The molecule has 4 heteroatoms. The van der Waals surface area contributed by atoms with E-state index >= 15 is 0 Å². The molecule has 0 aliphatic carbocycles. The van der Waals surface area contributed by atoms with Crippen molar-refractivity contribution >= 4 is 11.8 Å². The number of hydrogen-bond acceptors (Lipinski definition) is 3. The molecule has 0 unspecified atom stereocenters. The van der Waals surface area contributed by atoms with Gasteiger partial charge in [-0.1, -0.05) is 30.3 Å². The fraction of sp³-hybridized carbons (Fsp3) is 0.167. The van der Waals surface area contributed by atoms with E-state index in [0.717, 1.165) is 5.56 Å². The van der Waals surface area contributed by atoms with E-state index in [1.165, 1.54) is 7.11 Å². The van der Waals surface area contributed by atoms with Crippen LogP contribution >= 0.6 is 0 Å². The van der Waals surface area contributed by atoms with E-state index < -0.39 is 5.91 Å². The number of carbonyl (C=O) groups is 2. The zero-order valence-corrected chi connectivity index (χ0v) is 8.82. The molecular weight excluding hydrogens is 206 g/mol. The molecule has 16 heavy (non-hydrogen) atoms. The van der Waals surface area contributed by atoms with Crippen LogP contribution < -0.4 is 5.32 Å². The van der Waals surface area contributed by atoms with Crippen molar-refractivity contribution in [2.45, 2.75) is 6.42 Å². The lowest BCUT2D eigenvalue weighted by molar-refractivity contribution is -0.125. The minimum absolute atomic E-state index is 0.119. The highest BCUT2D eigenvalue weighted by atomic mass is 16.5. The van der Waals surface area contributed by atoms with Crippen LogP contribution in [0.25, 0.3) is 0 Å². The minimum Gasteiger partial charge on any atom is -0.491 e. The summed E-state index contributed by atoms with van der Waals surface area (Å²) in [5, 5.41) is 2.21. The zero-order valence-electron chi connectivity index (χ0n) is 8.82. The van der Waals surface area contributed by atoms with E-state index in [9.17, 15) is 9.59 Å². The topological polar surface area (TPSA) is 55.4 Å². The van der Waals surface area contributed by atoms with E-state index in [2.05, 4.69) is 5.32 Å². The van der Waals surface area contributed by atoms with Gasteiger partial charge in [-0.3, -0.25) is 14.9 Å². The summed E-state index contributed by atoms with van der Waals surface area (Å²) in [5.74, 6) is -0.710. The van der Waals surface area contributed by atoms with Gasteiger partial charge < -0.3 is 4.74 Å². The quantitative estimate of drug-likeness (QED) is 0.761. The van der Waals surface area contributed by atoms with Crippen LogP contribution in [-0.2, 0) is 20.7 Å². The third-order valence-electron chi connectivity index (χ3n) is 2.41. The average molecular weight is 217 g/mol. The highest BCUT2D eigenvalue weighted by Crippen LogP contribution is 2.18. The number of nitrogens with one attached hydrogen (secondary N) is 1. The summed E-state index contributed by atoms with van der Waals surface area (Å²) in [5.41, 5.74) is 1.36. The molecule has 4 nitrogen and oxygen atoms in total. The smallest absolute Gasteiger partial charge is 0.293 e. The zero-order chi connectivity index (χ0) is 11.5. The largest absolute Gasteiger partial charge is 0.491 e. The van der Waals surface area contributed by atoms with E-state index in [-0.39, 0.29) is 11.7 Å². The first-order chi connectivity index (χ1) is 7.72. The summed E-state index contributed by atoms with van der Waals surface area (Å²) in [4.78, 5) is 22.8. The summed E-state index contributed by atoms with van der Waals surface area (Å²) >= 11 is 0. The van der Waals surface area contributed by atoms with Crippen LogP contribution in [0.15, 0.2) is 41.7 Å². The molecule has 1 aromatic rings. The molecule has 0 saturated heterocycles. The fourth-order valence-electron chi connectivity index (χ4n) is 1.65. The number of ether oxygens (including phenoxy) is 1. The molecule has 82 valence electrons. The Labute approximate surface area is 92.9 Å². The third kappa shape index (κ3) is 1.82. The number of carbonyl (C=O) groups excluding carboxylic acids is 2. The van der Waals surface area contributed by atoms with Gasteiger partial charge in [0.15, 0.2) is 5.76 Å². The molecular formula is C12H11NO3. The molecule has 0 bridgehead atoms. The predicted molar refractivity (Wildman–Crippen MR) is 57.3 cm³/mol. The van der Waals surface area contributed by atoms with Crippen LogP contribution in [0.1, 0.15) is 5.56 Å². The van der Waals surface area contributed by atoms with Crippen LogP contribution in [0.5, 0.6) is 0 Å². The highest BCUT2D eigenvalue weighted by molar-refractivity contribution is 6.18. The summed E-state index contributed by atoms with van der Waals surface area (Å²) in [6.45, 7) is 0. The van der Waals surface area contributed by atoms with Gasteiger partial charge in [0.25, 0.3) is 11.8 Å². The average Bonchev–Trinajstić information content (AvgIpc) is 2.55. The van der Waals surface area contributed by atoms with Gasteiger partial charge in [0.05, 0.1) is 12.7 Å². The van der Waals surface area contributed by atoms with Crippen molar-refractivity contribution in [2.24, 2.45) is 0 Å². The molecule has 2 amide bonds. The standard InChI is InChI=1S/C12H11NO3/c1-16-10-9(11(14)13-12(10)15)7-8-5-3-2-4-6-8/h2-6H,7H2,1H3,(H,13,14,15). The number of amides is 2. The number of methoxy groups -OCH3 is 1. The molecule has 0 spiro atoms. The summed E-state index contributed by atoms with van der Waals surface area (Å²) < 4.78 is 4.93. The van der Waals surface area contributed by atoms with Crippen molar-refractivity contribution in [3.05, 3.63) is 47.2 Å². The first kappa shape index (κ1) is 10.4. The number of benzene rings is 1. The number of imide groups is 1. The predicted octanol–water partition coefficient (Wildman–Crippen LogP) is 0.786. The van der Waals surface area contributed by atoms with Gasteiger partial charge >= 0.3 is 0 Å². The maximum Gasteiger partial charge on any atom is 0.293 e. The van der Waals surface area contributed by atoms with Gasteiger partial charge in [-0.15, -0.1) is 0 Å². The Balaban J connectivity index is 2.29. The Kier molecular flexibility index (Phi) is 2.72. The van der Waals surface area contributed by atoms with E-state index in [1.807, 2.05) is 30.3 Å². The lowest BCUT2D eigenvalue weighted by atomic mass is 10.1. The van der Waals surface area contributed by atoms with Gasteiger partial charge in [0.1, 0.15) is 0 Å². The van der Waals surface area contributed by atoms with Crippen molar-refractivity contribution < 1.29 is 14.3 Å². The molecule has 1 heterocycles. The normalized spacial score (nSPS) is 15.3. The lowest BCUT2D eigenvalue weighted by Crippen LogP contribution is -2.23. The SMILES string of the molecule is COC1=C(Cc2ccccc2)C(=O)NC1=O. The molecule has 0 aromatic heterocycles. The maximum atomic E-state index is 11.5. The van der Waals surface area contributed by atoms with Crippen LogP contribution in [0.2, 0.25) is 0 Å². The Hall–Kier alpha value is -2.10. The van der Waals surface area contributed by atoms with Gasteiger partial charge in [0.2, 0.25) is 0 Å². The van der Waals surface area contributed by atoms with E-state index in [4.69, 9.17) is 4.74 Å². The highest BCUT2D eigenvalue weighted by Gasteiger charge is 2.30. The van der Waals surface area contributed by atoms with Crippen molar-refractivity contribution in [3.63, 3.8) is 0 Å². The van der Waals surface area contributed by atoms with Crippen molar-refractivity contribution in [1.29, 1.82) is 0 Å². The Bertz CT molecular complexity index is 462. The van der Waals surface area contributed by atoms with Crippen LogP contribution in [0.4, 0.5) is 0 Å². The first-order valence-electron chi connectivity index (χ1n) is 4.89. The molecule has 0 atom stereocenters. The number of hydrogen-bond donors (Lipinski definition) is 1. The second kappa shape index (κ2) is 4.18. The van der Waals surface area contributed by atoms with Gasteiger partial charge in [-0.25, -0.2) is 0 Å². The monoisotopic (exact) mass is 217 g/mol. The Morgan fingerprint density at radius 3 is 2.44 bits per heavy atom. The molecule has 0 radical (unpaired) electrons. The second-order valence-electron chi connectivity index (χ2n) is 3.46. The minimum atomic E-state index is -0.460. The van der Waals surface area contributed by atoms with Crippen molar-refractivity contribution in [1.82, 2.24) is 5.32 Å². The maximum absolute atomic E-state index is 11.5. The van der Waals surface area contributed by atoms with Crippen LogP contribution in [0.3, 0.4) is 0 Å². The van der Waals surface area contributed by atoms with Crippen LogP contribution in [0, 0.1) is 0 Å². The molecule has 1 aliphatic rings. The molecule has 0 saturated carbocycles. The summed E-state index contributed by atoms with van der Waals surface area (Å²) in [6.07, 6.45) is 0.404. The molecule has 1 aromatic carbocycles. The van der Waals surface area contributed by atoms with E-state index in [0.29, 0.717) is 12.0 Å². The third-order valence-corrected chi connectivity index (χ3v) is 2.41. The van der Waals surface area contributed by atoms with Crippen molar-refractivity contribution in [2.75, 3.05) is 7.11 Å². The van der Waals surface area contributed by atoms with Crippen LogP contribution in [-0.4, -0.2) is 18.9 Å². The van der Waals surface area contributed by atoms with Gasteiger partial charge in [-0.05, 0) is 5.56 Å². The van der Waals surface area contributed by atoms with Gasteiger partial charge in [0, 0.05) is 6.42 Å². The molecule has 1 N–H and O–H groups in total. The lowest BCUT2D eigenvalue weighted by Gasteiger charge is -2.02. The Morgan fingerprint density at radius 1 is 1.12 bits per heavy atom.